The van der Waals surface area contributed by atoms with Crippen LogP contribution in [0.3, 0.4) is 0 Å². The van der Waals surface area contributed by atoms with Crippen LogP contribution in [0.25, 0.3) is 11.5 Å². The number of amides is 1. The van der Waals surface area contributed by atoms with Gasteiger partial charge in [-0.05, 0) is 24.6 Å². The smallest absolute Gasteiger partial charge is 0.322 e. The van der Waals surface area contributed by atoms with E-state index in [1.54, 1.807) is 20.2 Å². The molecule has 0 aliphatic heterocycles. The van der Waals surface area contributed by atoms with Crippen molar-refractivity contribution in [1.82, 2.24) is 20.0 Å². The van der Waals surface area contributed by atoms with Gasteiger partial charge in [-0.3, -0.25) is 14.8 Å². The fraction of sp³-hybridized carbons (Fsp3) is 0.143. The summed E-state index contributed by atoms with van der Waals surface area (Å²) < 4.78 is 33.2. The van der Waals surface area contributed by atoms with Crippen molar-refractivity contribution in [2.45, 2.75) is 6.92 Å². The Labute approximate surface area is 128 Å². The van der Waals surface area contributed by atoms with Crippen LogP contribution in [0.1, 0.15) is 16.1 Å². The third kappa shape index (κ3) is 2.80. The van der Waals surface area contributed by atoms with E-state index in [0.29, 0.717) is 17.3 Å². The molecule has 1 amide bonds. The van der Waals surface area contributed by atoms with Gasteiger partial charge in [0.1, 0.15) is 17.3 Å². The highest BCUT2D eigenvalue weighted by molar-refractivity contribution is 6.02. The molecule has 3 aromatic rings. The second kappa shape index (κ2) is 5.59. The number of nitrogens with zero attached hydrogens (tertiary/aromatic N) is 4. The molecule has 23 heavy (non-hydrogen) atoms. The summed E-state index contributed by atoms with van der Waals surface area (Å²) in [6, 6.07) is 2.75. The van der Waals surface area contributed by atoms with Crippen molar-refractivity contribution in [1.29, 1.82) is 0 Å². The van der Waals surface area contributed by atoms with E-state index in [-0.39, 0.29) is 17.5 Å². The summed E-state index contributed by atoms with van der Waals surface area (Å²) in [6.07, 6.45) is 1.54. The van der Waals surface area contributed by atoms with E-state index in [4.69, 9.17) is 4.42 Å². The number of nitrogens with one attached hydrogen (secondary N) is 1. The number of anilines is 1. The van der Waals surface area contributed by atoms with Crippen molar-refractivity contribution in [2.75, 3.05) is 5.32 Å². The fourth-order valence-corrected chi connectivity index (χ4v) is 2.08. The van der Waals surface area contributed by atoms with Gasteiger partial charge >= 0.3 is 6.01 Å². The monoisotopic (exact) mass is 319 g/mol. The van der Waals surface area contributed by atoms with E-state index in [0.717, 1.165) is 6.07 Å². The van der Waals surface area contributed by atoms with Gasteiger partial charge < -0.3 is 4.42 Å². The zero-order chi connectivity index (χ0) is 16.6. The van der Waals surface area contributed by atoms with Gasteiger partial charge in [0.15, 0.2) is 0 Å². The average molecular weight is 319 g/mol. The van der Waals surface area contributed by atoms with Gasteiger partial charge in [0, 0.05) is 13.1 Å². The summed E-state index contributed by atoms with van der Waals surface area (Å²) in [7, 11) is 1.62. The Hall–Kier alpha value is -3.10. The Balaban J connectivity index is 1.84. The molecule has 9 heteroatoms. The minimum Gasteiger partial charge on any atom is -0.403 e. The van der Waals surface area contributed by atoms with Gasteiger partial charge in [-0.2, -0.15) is 5.10 Å². The largest absolute Gasteiger partial charge is 0.403 e. The SMILES string of the molecule is Cc1cnn(C)c1C(=O)Nc1nnc(-c2ccc(F)cc2F)o1. The lowest BCUT2D eigenvalue weighted by molar-refractivity contribution is 0.101. The molecule has 0 aliphatic carbocycles. The van der Waals surface area contributed by atoms with E-state index < -0.39 is 17.5 Å². The molecule has 3 rings (SSSR count). The predicted molar refractivity (Wildman–Crippen MR) is 75.5 cm³/mol. The number of halogens is 2. The minimum atomic E-state index is -0.839. The molecule has 1 aromatic carbocycles. The molecule has 0 saturated carbocycles. The summed E-state index contributed by atoms with van der Waals surface area (Å²) in [6.45, 7) is 1.73. The van der Waals surface area contributed by atoms with Crippen molar-refractivity contribution in [3.8, 4) is 11.5 Å². The topological polar surface area (TPSA) is 85.8 Å². The van der Waals surface area contributed by atoms with Crippen molar-refractivity contribution in [3.05, 3.63) is 47.3 Å². The maximum Gasteiger partial charge on any atom is 0.322 e. The molecule has 0 spiro atoms. The van der Waals surface area contributed by atoms with E-state index >= 15 is 0 Å². The first kappa shape index (κ1) is 14.8. The third-order valence-corrected chi connectivity index (χ3v) is 3.14. The molecule has 1 N–H and O–H groups in total. The number of aromatic nitrogens is 4. The Morgan fingerprint density at radius 3 is 2.74 bits per heavy atom. The first-order chi connectivity index (χ1) is 11.0. The Bertz CT molecular complexity index is 868. The van der Waals surface area contributed by atoms with Crippen molar-refractivity contribution in [2.24, 2.45) is 7.05 Å². The van der Waals surface area contributed by atoms with Crippen LogP contribution in [0.5, 0.6) is 0 Å². The Morgan fingerprint density at radius 2 is 2.09 bits per heavy atom. The highest BCUT2D eigenvalue weighted by atomic mass is 19.1. The maximum absolute atomic E-state index is 13.7. The molecule has 0 bridgehead atoms. The first-order valence-corrected chi connectivity index (χ1v) is 6.54. The lowest BCUT2D eigenvalue weighted by Gasteiger charge is -2.02. The van der Waals surface area contributed by atoms with Crippen LogP contribution in [0, 0.1) is 18.6 Å². The average Bonchev–Trinajstić information content (AvgIpc) is 3.06. The summed E-state index contributed by atoms with van der Waals surface area (Å²) >= 11 is 0. The van der Waals surface area contributed by atoms with Crippen LogP contribution < -0.4 is 5.32 Å². The summed E-state index contributed by atoms with van der Waals surface area (Å²) in [5, 5.41) is 13.6. The van der Waals surface area contributed by atoms with Gasteiger partial charge in [-0.1, -0.05) is 5.10 Å². The maximum atomic E-state index is 13.7. The molecule has 7 nitrogen and oxygen atoms in total. The molecule has 0 aliphatic rings. The van der Waals surface area contributed by atoms with Crippen LogP contribution in [-0.2, 0) is 7.05 Å². The van der Waals surface area contributed by atoms with Crippen molar-refractivity contribution >= 4 is 11.9 Å². The predicted octanol–water partition coefficient (Wildman–Crippen LogP) is 2.31. The quantitative estimate of drug-likeness (QED) is 0.800. The number of hydrogen-bond acceptors (Lipinski definition) is 5. The number of carbonyl (C=O) groups excluding carboxylic acids is 1. The highest BCUT2D eigenvalue weighted by Gasteiger charge is 2.18. The van der Waals surface area contributed by atoms with Crippen molar-refractivity contribution in [3.63, 3.8) is 0 Å². The van der Waals surface area contributed by atoms with Gasteiger partial charge in [0.2, 0.25) is 0 Å². The van der Waals surface area contributed by atoms with Crippen LogP contribution in [-0.4, -0.2) is 25.9 Å². The molecule has 0 fully saturated rings. The zero-order valence-corrected chi connectivity index (χ0v) is 12.2. The van der Waals surface area contributed by atoms with Gasteiger partial charge in [-0.25, -0.2) is 8.78 Å². The van der Waals surface area contributed by atoms with Crippen LogP contribution in [0.15, 0.2) is 28.8 Å². The Kier molecular flexibility index (Phi) is 3.61. The van der Waals surface area contributed by atoms with E-state index in [1.807, 2.05) is 0 Å². The fourth-order valence-electron chi connectivity index (χ4n) is 2.08. The Morgan fingerprint density at radius 1 is 1.30 bits per heavy atom. The van der Waals surface area contributed by atoms with Crippen molar-refractivity contribution < 1.29 is 18.0 Å². The molecule has 0 saturated heterocycles. The zero-order valence-electron chi connectivity index (χ0n) is 12.2. The molecular formula is C14H11F2N5O2. The molecule has 2 aromatic heterocycles. The molecular weight excluding hydrogens is 308 g/mol. The lowest BCUT2D eigenvalue weighted by atomic mass is 10.2. The number of benzene rings is 1. The van der Waals surface area contributed by atoms with Gasteiger partial charge in [0.05, 0.1) is 11.8 Å². The second-order valence-corrected chi connectivity index (χ2v) is 4.79. The van der Waals surface area contributed by atoms with Crippen LogP contribution in [0.2, 0.25) is 0 Å². The van der Waals surface area contributed by atoms with Gasteiger partial charge in [0.25, 0.3) is 11.8 Å². The van der Waals surface area contributed by atoms with Crippen LogP contribution >= 0.6 is 0 Å². The molecule has 118 valence electrons. The molecule has 0 unspecified atom stereocenters. The van der Waals surface area contributed by atoms with Crippen LogP contribution in [0.4, 0.5) is 14.8 Å². The lowest BCUT2D eigenvalue weighted by Crippen LogP contribution is -2.17. The number of aryl methyl sites for hydroxylation is 2. The first-order valence-electron chi connectivity index (χ1n) is 6.54. The van der Waals surface area contributed by atoms with E-state index in [2.05, 4.69) is 20.6 Å². The number of carbonyl (C=O) groups is 1. The standard InChI is InChI=1S/C14H11F2N5O2/c1-7-6-17-21(2)11(7)12(22)18-14-20-19-13(23-14)9-4-3-8(15)5-10(9)16/h3-6H,1-2H3,(H,18,20,22). The summed E-state index contributed by atoms with van der Waals surface area (Å²) in [4.78, 5) is 12.2. The van der Waals surface area contributed by atoms with E-state index in [9.17, 15) is 13.6 Å². The summed E-state index contributed by atoms with van der Waals surface area (Å²) in [5.41, 5.74) is 0.947. The second-order valence-electron chi connectivity index (χ2n) is 4.79. The number of hydrogen-bond donors (Lipinski definition) is 1. The molecule has 2 heterocycles. The number of rotatable bonds is 3. The third-order valence-electron chi connectivity index (χ3n) is 3.14. The normalized spacial score (nSPS) is 10.8. The van der Waals surface area contributed by atoms with E-state index in [1.165, 1.54) is 10.7 Å². The minimum absolute atomic E-state index is 0.0592. The summed E-state index contributed by atoms with van der Waals surface area (Å²) in [5.74, 6) is -2.21. The molecule has 0 atom stereocenters. The van der Waals surface area contributed by atoms with Gasteiger partial charge in [-0.15, -0.1) is 5.10 Å². The molecule has 0 radical (unpaired) electrons. The highest BCUT2D eigenvalue weighted by Crippen LogP contribution is 2.23.